The van der Waals surface area contributed by atoms with Gasteiger partial charge in [-0.3, -0.25) is 37.3 Å². The molecule has 2 unspecified atom stereocenters. The Labute approximate surface area is 556 Å². The largest absolute Gasteiger partial charge is 0.472 e. The molecule has 0 aliphatic rings. The average Bonchev–Trinajstić information content (AvgIpc) is 3.65. The van der Waals surface area contributed by atoms with Gasteiger partial charge in [-0.15, -0.1) is 0 Å². The Morgan fingerprint density at radius 2 is 0.440 bits per heavy atom. The molecule has 0 fully saturated rings. The van der Waals surface area contributed by atoms with Gasteiger partial charge >= 0.3 is 39.5 Å². The summed E-state index contributed by atoms with van der Waals surface area (Å²) in [5, 5.41) is 10.6. The number of hydrogen-bond acceptors (Lipinski definition) is 15. The molecule has 0 aromatic carbocycles. The third kappa shape index (κ3) is 66.5. The third-order valence-corrected chi connectivity index (χ3v) is 18.8. The quantitative estimate of drug-likeness (QED) is 0.0222. The average molecular weight is 1340 g/mol. The maximum Gasteiger partial charge on any atom is 0.472 e. The van der Waals surface area contributed by atoms with Gasteiger partial charge < -0.3 is 33.8 Å². The van der Waals surface area contributed by atoms with E-state index in [0.29, 0.717) is 25.7 Å². The minimum absolute atomic E-state index is 0.108. The molecule has 5 atom stereocenters. The molecule has 3 N–H and O–H groups in total. The van der Waals surface area contributed by atoms with Gasteiger partial charge in [0.15, 0.2) is 12.2 Å². The Balaban J connectivity index is 5.19. The third-order valence-electron chi connectivity index (χ3n) is 16.9. The van der Waals surface area contributed by atoms with E-state index in [4.69, 9.17) is 37.0 Å². The molecule has 0 bridgehead atoms. The van der Waals surface area contributed by atoms with Crippen molar-refractivity contribution in [3.05, 3.63) is 0 Å². The maximum atomic E-state index is 13.0. The fourth-order valence-corrected chi connectivity index (χ4v) is 12.6. The molecule has 17 nitrogen and oxygen atoms in total. The van der Waals surface area contributed by atoms with Gasteiger partial charge in [0, 0.05) is 25.7 Å². The Morgan fingerprint density at radius 3 is 0.648 bits per heavy atom. The van der Waals surface area contributed by atoms with E-state index in [1.54, 1.807) is 0 Å². The lowest BCUT2D eigenvalue weighted by molar-refractivity contribution is -0.161. The Morgan fingerprint density at radius 1 is 0.264 bits per heavy atom. The zero-order chi connectivity index (χ0) is 66.8. The fraction of sp³-hybridized carbons (Fsp3) is 0.944. The summed E-state index contributed by atoms with van der Waals surface area (Å²) >= 11 is 0. The Hall–Kier alpha value is -1.94. The number of carbonyl (C=O) groups is 4. The number of unbranched alkanes of at least 4 members (excludes halogenated alkanes) is 47. The van der Waals surface area contributed by atoms with Gasteiger partial charge in [-0.2, -0.15) is 0 Å². The standard InChI is InChI=1S/C72H140O17P2/c1-5-9-13-17-21-24-27-30-32-33-34-37-40-43-47-51-55-59-72(77)89-68(63-83-70(75)57-53-49-45-41-38-36-31-28-25-22-18-14-10-6-2)65-87-91(80,81)85-61-66(73)60-84-90(78,79)86-64-67(62-82-69(74)56-52-48-44-20-16-12-8-4)88-71(76)58-54-50-46-42-39-35-29-26-23-19-15-11-7-3/h66-68,73H,5-65H2,1-4H3,(H,78,79)(H,80,81)/t66-,67+,68+/m0/s1. The van der Waals surface area contributed by atoms with Crippen molar-refractivity contribution in [2.45, 2.75) is 399 Å². The number of phosphoric ester groups is 2. The fourth-order valence-electron chi connectivity index (χ4n) is 11.0. The summed E-state index contributed by atoms with van der Waals surface area (Å²) in [6.07, 6.45) is 55.5. The highest BCUT2D eigenvalue weighted by Crippen LogP contribution is 2.45. The molecule has 0 aromatic heterocycles. The van der Waals surface area contributed by atoms with Crippen LogP contribution in [-0.4, -0.2) is 96.7 Å². The predicted octanol–water partition coefficient (Wildman–Crippen LogP) is 21.1. The van der Waals surface area contributed by atoms with Crippen LogP contribution in [0.1, 0.15) is 381 Å². The van der Waals surface area contributed by atoms with Crippen LogP contribution in [0.25, 0.3) is 0 Å². The first-order chi connectivity index (χ1) is 44.2. The van der Waals surface area contributed by atoms with Crippen LogP contribution < -0.4 is 0 Å². The number of ether oxygens (including phenoxy) is 4. The Bertz CT molecular complexity index is 1740. The van der Waals surface area contributed by atoms with Crippen molar-refractivity contribution in [1.29, 1.82) is 0 Å². The molecule has 19 heteroatoms. The zero-order valence-electron chi connectivity index (χ0n) is 58.8. The molecule has 0 saturated carbocycles. The highest BCUT2D eigenvalue weighted by Gasteiger charge is 2.30. The number of phosphoric acid groups is 2. The second-order valence-electron chi connectivity index (χ2n) is 26.0. The van der Waals surface area contributed by atoms with E-state index in [-0.39, 0.29) is 25.7 Å². The van der Waals surface area contributed by atoms with E-state index in [2.05, 4.69) is 27.7 Å². The molecule has 0 rings (SSSR count). The van der Waals surface area contributed by atoms with Crippen molar-refractivity contribution in [2.75, 3.05) is 39.6 Å². The smallest absolute Gasteiger partial charge is 0.462 e. The molecular formula is C72H140O17P2. The number of rotatable bonds is 73. The summed E-state index contributed by atoms with van der Waals surface area (Å²) in [6, 6.07) is 0. The van der Waals surface area contributed by atoms with E-state index >= 15 is 0 Å². The monoisotopic (exact) mass is 1340 g/mol. The first-order valence-corrected chi connectivity index (χ1v) is 40.8. The van der Waals surface area contributed by atoms with Crippen LogP contribution in [0.3, 0.4) is 0 Å². The van der Waals surface area contributed by atoms with E-state index in [1.807, 2.05) is 0 Å². The van der Waals surface area contributed by atoms with Gasteiger partial charge in [0.05, 0.1) is 26.4 Å². The molecule has 0 aliphatic carbocycles. The number of aliphatic hydroxyl groups is 1. The van der Waals surface area contributed by atoms with E-state index < -0.39 is 97.5 Å². The van der Waals surface area contributed by atoms with Crippen LogP contribution in [0.4, 0.5) is 0 Å². The molecule has 0 amide bonds. The number of carbonyl (C=O) groups excluding carboxylic acids is 4. The molecule has 91 heavy (non-hydrogen) atoms. The van der Waals surface area contributed by atoms with Crippen LogP contribution in [0.15, 0.2) is 0 Å². The van der Waals surface area contributed by atoms with E-state index in [9.17, 15) is 43.2 Å². The van der Waals surface area contributed by atoms with Crippen LogP contribution >= 0.6 is 15.6 Å². The lowest BCUT2D eigenvalue weighted by Crippen LogP contribution is -2.30. The highest BCUT2D eigenvalue weighted by atomic mass is 31.2. The SMILES string of the molecule is CCCCCCCCCCCCCCCCCCCC(=O)O[C@H](COC(=O)CCCCCCCCCCCCCCCC)COP(=O)(O)OC[C@@H](O)COP(=O)(O)OC[C@@H](COC(=O)CCCCCCCCC)OC(=O)CCCCCCCCCCCCCCC. The van der Waals surface area contributed by atoms with Crippen molar-refractivity contribution in [1.82, 2.24) is 0 Å². The van der Waals surface area contributed by atoms with Crippen LogP contribution in [0.2, 0.25) is 0 Å². The van der Waals surface area contributed by atoms with Crippen molar-refractivity contribution < 1.29 is 80.2 Å². The normalized spacial score (nSPS) is 14.0. The van der Waals surface area contributed by atoms with Crippen molar-refractivity contribution in [2.24, 2.45) is 0 Å². The summed E-state index contributed by atoms with van der Waals surface area (Å²) < 4.78 is 68.3. The number of aliphatic hydroxyl groups excluding tert-OH is 1. The van der Waals surface area contributed by atoms with Crippen molar-refractivity contribution >= 4 is 39.5 Å². The topological polar surface area (TPSA) is 237 Å². The Kier molecular flexibility index (Phi) is 65.2. The van der Waals surface area contributed by atoms with Gasteiger partial charge in [-0.25, -0.2) is 9.13 Å². The predicted molar refractivity (Wildman–Crippen MR) is 368 cm³/mol. The van der Waals surface area contributed by atoms with Gasteiger partial charge in [0.1, 0.15) is 19.3 Å². The van der Waals surface area contributed by atoms with Gasteiger partial charge in [0.25, 0.3) is 0 Å². The summed E-state index contributed by atoms with van der Waals surface area (Å²) in [5.41, 5.74) is 0. The van der Waals surface area contributed by atoms with Gasteiger partial charge in [-0.05, 0) is 25.7 Å². The lowest BCUT2D eigenvalue weighted by atomic mass is 10.0. The first kappa shape index (κ1) is 89.1. The molecule has 0 aliphatic heterocycles. The minimum atomic E-state index is -4.95. The van der Waals surface area contributed by atoms with Crippen LogP contribution in [0, 0.1) is 0 Å². The highest BCUT2D eigenvalue weighted by molar-refractivity contribution is 7.47. The molecule has 0 saturated heterocycles. The molecular weight excluding hydrogens is 1200 g/mol. The summed E-state index contributed by atoms with van der Waals surface area (Å²) in [7, 11) is -9.90. The summed E-state index contributed by atoms with van der Waals surface area (Å²) in [4.78, 5) is 72.5. The molecule has 0 radical (unpaired) electrons. The molecule has 0 aromatic rings. The summed E-state index contributed by atoms with van der Waals surface area (Å²) in [6.45, 7) is 4.93. The van der Waals surface area contributed by atoms with Gasteiger partial charge in [0.2, 0.25) is 0 Å². The molecule has 0 heterocycles. The number of hydrogen-bond donors (Lipinski definition) is 3. The molecule has 0 spiro atoms. The van der Waals surface area contributed by atoms with Crippen LogP contribution in [0.5, 0.6) is 0 Å². The molecule has 540 valence electrons. The van der Waals surface area contributed by atoms with Crippen LogP contribution in [-0.2, 0) is 65.4 Å². The maximum absolute atomic E-state index is 13.0. The zero-order valence-corrected chi connectivity index (χ0v) is 60.6. The second kappa shape index (κ2) is 66.7. The van der Waals surface area contributed by atoms with Gasteiger partial charge in [-0.1, -0.05) is 329 Å². The van der Waals surface area contributed by atoms with Crippen molar-refractivity contribution in [3.8, 4) is 0 Å². The summed E-state index contributed by atoms with van der Waals surface area (Å²) in [5.74, 6) is -2.12. The second-order valence-corrected chi connectivity index (χ2v) is 28.9. The van der Waals surface area contributed by atoms with E-state index in [0.717, 1.165) is 103 Å². The lowest BCUT2D eigenvalue weighted by Gasteiger charge is -2.21. The number of esters is 4. The minimum Gasteiger partial charge on any atom is -0.462 e. The first-order valence-electron chi connectivity index (χ1n) is 37.8. The van der Waals surface area contributed by atoms with Crippen molar-refractivity contribution in [3.63, 3.8) is 0 Å². The van der Waals surface area contributed by atoms with E-state index in [1.165, 1.54) is 199 Å².